The van der Waals surface area contributed by atoms with Crippen LogP contribution >= 0.6 is 0 Å². The molecule has 54 valence electrons. The van der Waals surface area contributed by atoms with Gasteiger partial charge < -0.3 is 10.0 Å². The number of hydrogen-bond donors (Lipinski definition) is 1. The third-order valence-corrected chi connectivity index (χ3v) is 2.14. The van der Waals surface area contributed by atoms with Gasteiger partial charge in [-0.05, 0) is 19.9 Å². The zero-order valence-corrected chi connectivity index (χ0v) is 6.17. The van der Waals surface area contributed by atoms with Crippen molar-refractivity contribution in [1.29, 1.82) is 0 Å². The maximum Gasteiger partial charge on any atom is 0.0682 e. The predicted octanol–water partition coefficient (Wildman–Crippen LogP) is 0.461. The fraction of sp³-hybridized carbons (Fsp3) is 1.00. The Morgan fingerprint density at radius 3 is 2.56 bits per heavy atom. The Morgan fingerprint density at radius 2 is 2.33 bits per heavy atom. The van der Waals surface area contributed by atoms with Gasteiger partial charge in [-0.2, -0.15) is 0 Å². The van der Waals surface area contributed by atoms with Crippen molar-refractivity contribution < 1.29 is 5.11 Å². The Balaban J connectivity index is 2.38. The highest BCUT2D eigenvalue weighted by Gasteiger charge is 2.25. The van der Waals surface area contributed by atoms with Crippen LogP contribution in [0.5, 0.6) is 0 Å². The summed E-state index contributed by atoms with van der Waals surface area (Å²) in [5, 5.41) is 9.16. The second-order valence-corrected chi connectivity index (χ2v) is 2.89. The molecule has 0 spiro atoms. The predicted molar refractivity (Wildman–Crippen MR) is 37.3 cm³/mol. The number of likely N-dealkylation sites (tertiary alicyclic amines) is 1. The molecule has 0 aromatic rings. The summed E-state index contributed by atoms with van der Waals surface area (Å²) in [6.45, 7) is 3.03. The molecule has 1 rings (SSSR count). The van der Waals surface area contributed by atoms with E-state index < -0.39 is 0 Å². The van der Waals surface area contributed by atoms with Crippen molar-refractivity contribution >= 4 is 0 Å². The Labute approximate surface area is 56.5 Å². The molecule has 0 amide bonds. The lowest BCUT2D eigenvalue weighted by Gasteiger charge is -2.15. The van der Waals surface area contributed by atoms with Crippen LogP contribution in [0.15, 0.2) is 0 Å². The first-order chi connectivity index (χ1) is 4.24. The summed E-state index contributed by atoms with van der Waals surface area (Å²) in [4.78, 5) is 2.23. The van der Waals surface area contributed by atoms with E-state index in [1.807, 2.05) is 0 Å². The van der Waals surface area contributed by atoms with Crippen molar-refractivity contribution in [3.05, 3.63) is 0 Å². The first kappa shape index (κ1) is 7.03. The number of nitrogens with zero attached hydrogens (tertiary/aromatic N) is 1. The third-order valence-electron chi connectivity index (χ3n) is 2.14. The quantitative estimate of drug-likeness (QED) is 0.556. The lowest BCUT2D eigenvalue weighted by Crippen LogP contribution is -2.24. The van der Waals surface area contributed by atoms with Crippen LogP contribution in [0.4, 0.5) is 0 Å². The summed E-state index contributed by atoms with van der Waals surface area (Å²) in [5.74, 6) is 0. The van der Waals surface area contributed by atoms with Gasteiger partial charge in [0.05, 0.1) is 6.10 Å². The Morgan fingerprint density at radius 1 is 1.67 bits per heavy atom. The van der Waals surface area contributed by atoms with Crippen LogP contribution in [-0.2, 0) is 0 Å². The summed E-state index contributed by atoms with van der Waals surface area (Å²) in [5.41, 5.74) is 0. The topological polar surface area (TPSA) is 23.5 Å². The van der Waals surface area contributed by atoms with Gasteiger partial charge in [0.15, 0.2) is 0 Å². The van der Waals surface area contributed by atoms with E-state index in [0.717, 1.165) is 19.4 Å². The standard InChI is InChI=1S/C7H15NO/c1-3-6-4-7(9)5-8(6)2/h6-7,9H,3-5H2,1-2H3/t6-,7?/m0/s1. The Hall–Kier alpha value is -0.0800. The minimum atomic E-state index is -0.0695. The number of aliphatic hydroxyl groups excluding tert-OH is 1. The summed E-state index contributed by atoms with van der Waals surface area (Å²) >= 11 is 0. The zero-order chi connectivity index (χ0) is 6.85. The fourth-order valence-electron chi connectivity index (χ4n) is 1.53. The molecule has 1 saturated heterocycles. The highest BCUT2D eigenvalue weighted by atomic mass is 16.3. The molecule has 1 aliphatic rings. The lowest BCUT2D eigenvalue weighted by atomic mass is 10.1. The van der Waals surface area contributed by atoms with Crippen LogP contribution in [-0.4, -0.2) is 35.7 Å². The van der Waals surface area contributed by atoms with Gasteiger partial charge in [-0.15, -0.1) is 0 Å². The summed E-state index contributed by atoms with van der Waals surface area (Å²) < 4.78 is 0. The monoisotopic (exact) mass is 129 g/mol. The van der Waals surface area contributed by atoms with E-state index >= 15 is 0 Å². The molecule has 0 aliphatic carbocycles. The maximum absolute atomic E-state index is 9.16. The fourth-order valence-corrected chi connectivity index (χ4v) is 1.53. The molecule has 1 N–H and O–H groups in total. The van der Waals surface area contributed by atoms with E-state index in [0.29, 0.717) is 6.04 Å². The average Bonchev–Trinajstić information content (AvgIpc) is 2.10. The smallest absolute Gasteiger partial charge is 0.0682 e. The van der Waals surface area contributed by atoms with Crippen LogP contribution < -0.4 is 0 Å². The van der Waals surface area contributed by atoms with Gasteiger partial charge >= 0.3 is 0 Å². The molecule has 0 aromatic carbocycles. The van der Waals surface area contributed by atoms with Crippen molar-refractivity contribution in [2.45, 2.75) is 31.9 Å². The van der Waals surface area contributed by atoms with Gasteiger partial charge in [0, 0.05) is 12.6 Å². The van der Waals surface area contributed by atoms with E-state index in [2.05, 4.69) is 18.9 Å². The summed E-state index contributed by atoms with van der Waals surface area (Å²) in [6, 6.07) is 0.625. The Bertz CT molecular complexity index is 94.9. The van der Waals surface area contributed by atoms with E-state index in [1.165, 1.54) is 0 Å². The molecule has 0 saturated carbocycles. The molecular weight excluding hydrogens is 114 g/mol. The minimum Gasteiger partial charge on any atom is -0.392 e. The van der Waals surface area contributed by atoms with Gasteiger partial charge in [0.1, 0.15) is 0 Å². The molecular formula is C7H15NO. The van der Waals surface area contributed by atoms with Crippen LogP contribution in [0.2, 0.25) is 0 Å². The van der Waals surface area contributed by atoms with Crippen LogP contribution in [0.25, 0.3) is 0 Å². The minimum absolute atomic E-state index is 0.0695. The first-order valence-corrected chi connectivity index (χ1v) is 3.62. The van der Waals surface area contributed by atoms with Gasteiger partial charge in [-0.3, -0.25) is 0 Å². The number of aliphatic hydroxyl groups is 1. The SMILES string of the molecule is CC[C@H]1CC(O)CN1C. The molecule has 0 aromatic heterocycles. The third kappa shape index (κ3) is 1.43. The highest BCUT2D eigenvalue weighted by molar-refractivity contribution is 4.81. The second-order valence-electron chi connectivity index (χ2n) is 2.89. The number of β-amino-alcohol motifs (C(OH)–C–C–N with tert-alkyl or cyclic N) is 1. The maximum atomic E-state index is 9.16. The van der Waals surface area contributed by atoms with Gasteiger partial charge in [-0.25, -0.2) is 0 Å². The van der Waals surface area contributed by atoms with Gasteiger partial charge in [0.2, 0.25) is 0 Å². The number of hydrogen-bond acceptors (Lipinski definition) is 2. The lowest BCUT2D eigenvalue weighted by molar-refractivity contribution is 0.182. The molecule has 9 heavy (non-hydrogen) atoms. The van der Waals surface area contributed by atoms with E-state index in [9.17, 15) is 0 Å². The molecule has 2 atom stereocenters. The number of rotatable bonds is 1. The molecule has 1 fully saturated rings. The largest absolute Gasteiger partial charge is 0.392 e. The average molecular weight is 129 g/mol. The molecule has 1 aliphatic heterocycles. The molecule has 2 nitrogen and oxygen atoms in total. The van der Waals surface area contributed by atoms with E-state index in [-0.39, 0.29) is 6.10 Å². The normalized spacial score (nSPS) is 37.7. The van der Waals surface area contributed by atoms with Crippen molar-refractivity contribution in [3.63, 3.8) is 0 Å². The van der Waals surface area contributed by atoms with Crippen molar-refractivity contribution in [2.75, 3.05) is 13.6 Å². The van der Waals surface area contributed by atoms with Crippen LogP contribution in [0.3, 0.4) is 0 Å². The van der Waals surface area contributed by atoms with Crippen molar-refractivity contribution in [3.8, 4) is 0 Å². The van der Waals surface area contributed by atoms with Crippen molar-refractivity contribution in [2.24, 2.45) is 0 Å². The Kier molecular flexibility index (Phi) is 2.09. The molecule has 1 heterocycles. The van der Waals surface area contributed by atoms with Crippen LogP contribution in [0.1, 0.15) is 19.8 Å². The van der Waals surface area contributed by atoms with E-state index in [1.54, 1.807) is 0 Å². The summed E-state index contributed by atoms with van der Waals surface area (Å²) in [6.07, 6.45) is 2.06. The summed E-state index contributed by atoms with van der Waals surface area (Å²) in [7, 11) is 2.07. The zero-order valence-electron chi connectivity index (χ0n) is 6.17. The van der Waals surface area contributed by atoms with Gasteiger partial charge in [0.25, 0.3) is 0 Å². The first-order valence-electron chi connectivity index (χ1n) is 3.62. The highest BCUT2D eigenvalue weighted by Crippen LogP contribution is 2.17. The van der Waals surface area contributed by atoms with Gasteiger partial charge in [-0.1, -0.05) is 6.92 Å². The second kappa shape index (κ2) is 2.67. The molecule has 0 bridgehead atoms. The molecule has 1 unspecified atom stereocenters. The van der Waals surface area contributed by atoms with Crippen molar-refractivity contribution in [1.82, 2.24) is 4.90 Å². The molecule has 2 heteroatoms. The van der Waals surface area contributed by atoms with E-state index in [4.69, 9.17) is 5.11 Å². The van der Waals surface area contributed by atoms with Crippen LogP contribution in [0, 0.1) is 0 Å². The number of likely N-dealkylation sites (N-methyl/N-ethyl adjacent to an activating group) is 1. The molecule has 0 radical (unpaired) electrons.